The molecule has 1 saturated carbocycles. The number of nitrogens with zero attached hydrogens (tertiary/aromatic N) is 3. The molecule has 114 valence electrons. The van der Waals surface area contributed by atoms with Gasteiger partial charge in [0.15, 0.2) is 0 Å². The first-order chi connectivity index (χ1) is 10.3. The monoisotopic (exact) mass is 288 g/mol. The summed E-state index contributed by atoms with van der Waals surface area (Å²) < 4.78 is 0. The van der Waals surface area contributed by atoms with Crippen LogP contribution in [0.15, 0.2) is 12.3 Å². The minimum atomic E-state index is 0.0753. The van der Waals surface area contributed by atoms with Crippen LogP contribution >= 0.6 is 0 Å². The predicted molar refractivity (Wildman–Crippen MR) is 81.2 cm³/mol. The third-order valence-electron chi connectivity index (χ3n) is 4.54. The van der Waals surface area contributed by atoms with Crippen molar-refractivity contribution in [3.8, 4) is 0 Å². The van der Waals surface area contributed by atoms with Crippen molar-refractivity contribution in [2.45, 2.75) is 38.0 Å². The van der Waals surface area contributed by atoms with Crippen LogP contribution in [0.1, 0.15) is 54.3 Å². The first-order valence-electron chi connectivity index (χ1n) is 8.04. The van der Waals surface area contributed by atoms with Crippen molar-refractivity contribution in [2.24, 2.45) is 5.92 Å². The number of likely N-dealkylation sites (tertiary alicyclic amines) is 1. The van der Waals surface area contributed by atoms with E-state index in [0.29, 0.717) is 11.6 Å². The van der Waals surface area contributed by atoms with E-state index in [1.165, 1.54) is 6.42 Å². The van der Waals surface area contributed by atoms with Gasteiger partial charge in [-0.25, -0.2) is 9.97 Å². The summed E-state index contributed by atoms with van der Waals surface area (Å²) in [7, 11) is 1.99. The van der Waals surface area contributed by atoms with Gasteiger partial charge in [-0.05, 0) is 57.7 Å². The van der Waals surface area contributed by atoms with Crippen molar-refractivity contribution in [3.63, 3.8) is 0 Å². The average Bonchev–Trinajstić information content (AvgIpc) is 3.38. The highest BCUT2D eigenvalue weighted by atomic mass is 16.2. The number of carbonyl (C=O) groups is 1. The lowest BCUT2D eigenvalue weighted by molar-refractivity contribution is 0.0680. The van der Waals surface area contributed by atoms with E-state index in [2.05, 4.69) is 15.3 Å². The van der Waals surface area contributed by atoms with Crippen molar-refractivity contribution < 1.29 is 4.79 Å². The van der Waals surface area contributed by atoms with Gasteiger partial charge in [-0.15, -0.1) is 0 Å². The summed E-state index contributed by atoms with van der Waals surface area (Å²) in [6, 6.07) is 1.75. The van der Waals surface area contributed by atoms with Crippen molar-refractivity contribution in [3.05, 3.63) is 23.8 Å². The maximum atomic E-state index is 12.5. The van der Waals surface area contributed by atoms with E-state index in [1.807, 2.05) is 11.9 Å². The molecular weight excluding hydrogens is 264 g/mol. The van der Waals surface area contributed by atoms with Crippen molar-refractivity contribution >= 4 is 5.91 Å². The minimum Gasteiger partial charge on any atom is -0.337 e. The van der Waals surface area contributed by atoms with Gasteiger partial charge in [-0.3, -0.25) is 4.79 Å². The third kappa shape index (κ3) is 3.59. The van der Waals surface area contributed by atoms with Crippen molar-refractivity contribution in [1.82, 2.24) is 20.2 Å². The van der Waals surface area contributed by atoms with Gasteiger partial charge >= 0.3 is 0 Å². The second kappa shape index (κ2) is 6.52. The topological polar surface area (TPSA) is 58.1 Å². The van der Waals surface area contributed by atoms with Crippen molar-refractivity contribution in [1.29, 1.82) is 0 Å². The quantitative estimate of drug-likeness (QED) is 0.898. The van der Waals surface area contributed by atoms with E-state index in [-0.39, 0.29) is 5.91 Å². The Bertz CT molecular complexity index is 493. The van der Waals surface area contributed by atoms with Gasteiger partial charge in [0.25, 0.3) is 5.91 Å². The third-order valence-corrected chi connectivity index (χ3v) is 4.54. The highest BCUT2D eigenvalue weighted by molar-refractivity contribution is 5.92. The summed E-state index contributed by atoms with van der Waals surface area (Å²) in [6.07, 6.45) is 7.47. The summed E-state index contributed by atoms with van der Waals surface area (Å²) in [5.74, 6) is 2.16. The molecule has 21 heavy (non-hydrogen) atoms. The largest absolute Gasteiger partial charge is 0.337 e. The van der Waals surface area contributed by atoms with Crippen LogP contribution < -0.4 is 5.32 Å². The Morgan fingerprint density at radius 2 is 2.10 bits per heavy atom. The Kier molecular flexibility index (Phi) is 4.48. The number of hydrogen-bond acceptors (Lipinski definition) is 4. The molecule has 1 aliphatic heterocycles. The van der Waals surface area contributed by atoms with E-state index in [0.717, 1.165) is 57.1 Å². The molecule has 5 nitrogen and oxygen atoms in total. The molecule has 1 saturated heterocycles. The van der Waals surface area contributed by atoms with E-state index in [4.69, 9.17) is 0 Å². The standard InChI is InChI=1S/C16H24N4O/c1-17-8-4-12-6-10-20(11-7-12)16(21)14-5-9-18-15(19-14)13-2-3-13/h5,9,12-13,17H,2-4,6-8,10-11H2,1H3. The molecule has 0 atom stereocenters. The Morgan fingerprint density at radius 1 is 1.33 bits per heavy atom. The molecule has 0 unspecified atom stereocenters. The summed E-state index contributed by atoms with van der Waals surface area (Å²) >= 11 is 0. The van der Waals surface area contributed by atoms with Crippen LogP contribution in [0.5, 0.6) is 0 Å². The van der Waals surface area contributed by atoms with Gasteiger partial charge in [0.1, 0.15) is 11.5 Å². The van der Waals surface area contributed by atoms with Crippen molar-refractivity contribution in [2.75, 3.05) is 26.7 Å². The van der Waals surface area contributed by atoms with Crippen LogP contribution in [-0.2, 0) is 0 Å². The molecule has 2 heterocycles. The first-order valence-corrected chi connectivity index (χ1v) is 8.04. The van der Waals surface area contributed by atoms with Gasteiger partial charge in [-0.1, -0.05) is 0 Å². The molecule has 0 spiro atoms. The number of carbonyl (C=O) groups excluding carboxylic acids is 1. The van der Waals surface area contributed by atoms with Crippen LogP contribution in [0.25, 0.3) is 0 Å². The molecule has 0 aromatic carbocycles. The lowest BCUT2D eigenvalue weighted by Gasteiger charge is -2.31. The Balaban J connectivity index is 1.57. The Morgan fingerprint density at radius 3 is 2.76 bits per heavy atom. The fourth-order valence-corrected chi connectivity index (χ4v) is 2.97. The molecule has 0 bridgehead atoms. The van der Waals surface area contributed by atoms with Crippen LogP contribution in [0.3, 0.4) is 0 Å². The number of nitrogens with one attached hydrogen (secondary N) is 1. The van der Waals surface area contributed by atoms with Crippen LogP contribution in [-0.4, -0.2) is 47.5 Å². The fraction of sp³-hybridized carbons (Fsp3) is 0.688. The molecule has 1 aromatic rings. The maximum absolute atomic E-state index is 12.5. The van der Waals surface area contributed by atoms with E-state index in [1.54, 1.807) is 12.3 Å². The number of piperidine rings is 1. The van der Waals surface area contributed by atoms with Gasteiger partial charge in [0.05, 0.1) is 0 Å². The fourth-order valence-electron chi connectivity index (χ4n) is 2.97. The number of hydrogen-bond donors (Lipinski definition) is 1. The SMILES string of the molecule is CNCCC1CCN(C(=O)c2ccnc(C3CC3)n2)CC1. The molecule has 1 N–H and O–H groups in total. The van der Waals surface area contributed by atoms with Gasteiger partial charge in [-0.2, -0.15) is 0 Å². The average molecular weight is 288 g/mol. The zero-order valence-electron chi connectivity index (χ0n) is 12.7. The molecule has 2 fully saturated rings. The maximum Gasteiger partial charge on any atom is 0.272 e. The lowest BCUT2D eigenvalue weighted by atomic mass is 9.93. The summed E-state index contributed by atoms with van der Waals surface area (Å²) in [4.78, 5) is 23.2. The molecule has 5 heteroatoms. The normalized spacial score (nSPS) is 19.8. The van der Waals surface area contributed by atoms with Crippen LogP contribution in [0.2, 0.25) is 0 Å². The van der Waals surface area contributed by atoms with Crippen LogP contribution in [0.4, 0.5) is 0 Å². The molecule has 3 rings (SSSR count). The smallest absolute Gasteiger partial charge is 0.272 e. The highest BCUT2D eigenvalue weighted by Crippen LogP contribution is 2.37. The molecule has 2 aliphatic rings. The molecule has 1 amide bonds. The number of rotatable bonds is 5. The highest BCUT2D eigenvalue weighted by Gasteiger charge is 2.28. The summed E-state index contributed by atoms with van der Waals surface area (Å²) in [6.45, 7) is 2.78. The van der Waals surface area contributed by atoms with E-state index >= 15 is 0 Å². The number of amides is 1. The van der Waals surface area contributed by atoms with Gasteiger partial charge in [0, 0.05) is 25.2 Å². The van der Waals surface area contributed by atoms with Crippen LogP contribution in [0, 0.1) is 5.92 Å². The summed E-state index contributed by atoms with van der Waals surface area (Å²) in [5, 5.41) is 3.20. The summed E-state index contributed by atoms with van der Waals surface area (Å²) in [5.41, 5.74) is 0.570. The second-order valence-electron chi connectivity index (χ2n) is 6.20. The zero-order chi connectivity index (χ0) is 14.7. The second-order valence-corrected chi connectivity index (χ2v) is 6.20. The minimum absolute atomic E-state index is 0.0753. The molecule has 0 radical (unpaired) electrons. The first kappa shape index (κ1) is 14.4. The molecule has 1 aromatic heterocycles. The predicted octanol–water partition coefficient (Wildman–Crippen LogP) is 1.82. The Labute approximate surface area is 126 Å². The zero-order valence-corrected chi connectivity index (χ0v) is 12.7. The number of aromatic nitrogens is 2. The van der Waals surface area contributed by atoms with Gasteiger partial charge in [0.2, 0.25) is 0 Å². The lowest BCUT2D eigenvalue weighted by Crippen LogP contribution is -2.39. The molecule has 1 aliphatic carbocycles. The Hall–Kier alpha value is -1.49. The molecular formula is C16H24N4O. The van der Waals surface area contributed by atoms with E-state index < -0.39 is 0 Å². The van der Waals surface area contributed by atoms with Gasteiger partial charge < -0.3 is 10.2 Å². The van der Waals surface area contributed by atoms with E-state index in [9.17, 15) is 4.79 Å².